The summed E-state index contributed by atoms with van der Waals surface area (Å²) in [5.74, 6) is -3.57. The number of ether oxygens (including phenoxy) is 3. The van der Waals surface area contributed by atoms with Gasteiger partial charge in [0, 0.05) is 23.8 Å². The molecule has 0 spiro atoms. The number of hydrogen-bond acceptors (Lipinski definition) is 14. The molecule has 0 aliphatic carbocycles. The number of benzene rings is 3. The van der Waals surface area contributed by atoms with Crippen molar-refractivity contribution in [3.05, 3.63) is 76.0 Å². The van der Waals surface area contributed by atoms with Crippen molar-refractivity contribution in [2.24, 2.45) is 0 Å². The van der Waals surface area contributed by atoms with Crippen LogP contribution < -0.4 is 10.2 Å². The first-order valence-electron chi connectivity index (χ1n) is 13.4. The number of phenols is 5. The minimum Gasteiger partial charge on any atom is -0.507 e. The summed E-state index contributed by atoms with van der Waals surface area (Å²) in [7, 11) is 1.34. The average Bonchev–Trinajstić information content (AvgIpc) is 3.00. The second-order valence-corrected chi connectivity index (χ2v) is 10.1. The number of aliphatic hydroxyl groups excluding tert-OH is 3. The van der Waals surface area contributed by atoms with Crippen molar-refractivity contribution >= 4 is 23.0 Å². The Balaban J connectivity index is 1.53. The second kappa shape index (κ2) is 12.4. The fourth-order valence-corrected chi connectivity index (χ4v) is 4.99. The molecule has 1 saturated heterocycles. The number of aromatic hydroxyl groups is 5. The molecule has 2 heterocycles. The van der Waals surface area contributed by atoms with E-state index in [1.54, 1.807) is 0 Å². The number of methoxy groups -OCH3 is 1. The molecule has 14 nitrogen and oxygen atoms in total. The first-order valence-corrected chi connectivity index (χ1v) is 13.4. The molecule has 45 heavy (non-hydrogen) atoms. The molecule has 0 saturated carbocycles. The van der Waals surface area contributed by atoms with Crippen LogP contribution in [0.4, 0.5) is 0 Å². The molecule has 236 valence electrons. The highest BCUT2D eigenvalue weighted by Gasteiger charge is 2.49. The Morgan fingerprint density at radius 1 is 0.911 bits per heavy atom. The summed E-state index contributed by atoms with van der Waals surface area (Å²) in [5.41, 5.74) is -0.971. The zero-order valence-corrected chi connectivity index (χ0v) is 23.4. The smallest absolute Gasteiger partial charge is 0.331 e. The van der Waals surface area contributed by atoms with Crippen molar-refractivity contribution in [3.8, 4) is 45.8 Å². The van der Waals surface area contributed by atoms with Crippen LogP contribution in [-0.4, -0.2) is 85.0 Å². The first kappa shape index (κ1) is 31.2. The van der Waals surface area contributed by atoms with Gasteiger partial charge in [0.05, 0.1) is 19.3 Å². The molecule has 5 unspecified atom stereocenters. The lowest BCUT2D eigenvalue weighted by Crippen LogP contribution is -2.56. The van der Waals surface area contributed by atoms with Crippen LogP contribution in [0.1, 0.15) is 17.2 Å². The van der Waals surface area contributed by atoms with Gasteiger partial charge in [-0.3, -0.25) is 4.79 Å². The van der Waals surface area contributed by atoms with E-state index in [4.69, 9.17) is 18.6 Å². The Kier molecular flexibility index (Phi) is 8.57. The van der Waals surface area contributed by atoms with Crippen LogP contribution in [-0.2, 0) is 14.3 Å². The maximum Gasteiger partial charge on any atom is 0.331 e. The highest BCUT2D eigenvalue weighted by Crippen LogP contribution is 2.45. The van der Waals surface area contributed by atoms with E-state index in [1.165, 1.54) is 43.5 Å². The van der Waals surface area contributed by atoms with Gasteiger partial charge in [0.15, 0.2) is 34.5 Å². The quantitative estimate of drug-likeness (QED) is 0.0831. The third-order valence-corrected chi connectivity index (χ3v) is 7.29. The molecular formula is C31H28O14. The molecule has 0 amide bonds. The molecule has 5 rings (SSSR count). The Bertz CT molecular complexity index is 1840. The molecule has 5 atom stereocenters. The summed E-state index contributed by atoms with van der Waals surface area (Å²) < 4.78 is 21.8. The lowest BCUT2D eigenvalue weighted by molar-refractivity contribution is -0.240. The lowest BCUT2D eigenvalue weighted by atomic mass is 9.89. The fourth-order valence-electron chi connectivity index (χ4n) is 4.99. The summed E-state index contributed by atoms with van der Waals surface area (Å²) in [6, 6.07) is 9.88. The van der Waals surface area contributed by atoms with E-state index in [-0.39, 0.29) is 28.4 Å². The topological polar surface area (TPSA) is 237 Å². The number of esters is 1. The van der Waals surface area contributed by atoms with Gasteiger partial charge in [-0.15, -0.1) is 0 Å². The minimum absolute atomic E-state index is 0.0769. The summed E-state index contributed by atoms with van der Waals surface area (Å²) in [5, 5.41) is 82.1. The number of fused-ring (bicyclic) bond motifs is 1. The monoisotopic (exact) mass is 624 g/mol. The van der Waals surface area contributed by atoms with Crippen LogP contribution in [0.2, 0.25) is 0 Å². The van der Waals surface area contributed by atoms with Crippen LogP contribution in [0.15, 0.2) is 63.8 Å². The fraction of sp³-hybridized carbons (Fsp3) is 0.226. The van der Waals surface area contributed by atoms with Crippen molar-refractivity contribution in [2.75, 3.05) is 13.7 Å². The summed E-state index contributed by atoms with van der Waals surface area (Å²) >= 11 is 0. The van der Waals surface area contributed by atoms with Crippen LogP contribution in [0.5, 0.6) is 34.5 Å². The summed E-state index contributed by atoms with van der Waals surface area (Å²) in [4.78, 5) is 26.0. The minimum atomic E-state index is -1.89. The molecule has 14 heteroatoms. The van der Waals surface area contributed by atoms with Crippen molar-refractivity contribution in [3.63, 3.8) is 0 Å². The van der Waals surface area contributed by atoms with Gasteiger partial charge in [0.25, 0.3) is 0 Å². The number of phenolic OH excluding ortho intramolecular Hbond substituents is 5. The molecule has 0 bridgehead atoms. The van der Waals surface area contributed by atoms with Gasteiger partial charge >= 0.3 is 5.97 Å². The second-order valence-electron chi connectivity index (χ2n) is 10.1. The number of carbonyl (C=O) groups is 1. The number of carbonyl (C=O) groups excluding carboxylic acids is 1. The molecule has 4 aromatic rings. The van der Waals surface area contributed by atoms with Crippen molar-refractivity contribution in [2.45, 2.75) is 30.5 Å². The maximum absolute atomic E-state index is 13.2. The van der Waals surface area contributed by atoms with Gasteiger partial charge in [0.2, 0.25) is 0 Å². The summed E-state index contributed by atoms with van der Waals surface area (Å²) in [6.45, 7) is -0.807. The van der Waals surface area contributed by atoms with E-state index in [1.807, 2.05) is 0 Å². The van der Waals surface area contributed by atoms with E-state index in [0.717, 1.165) is 24.3 Å². The van der Waals surface area contributed by atoms with Crippen LogP contribution in [0, 0.1) is 0 Å². The van der Waals surface area contributed by atoms with Gasteiger partial charge in [-0.1, -0.05) is 6.07 Å². The highest BCUT2D eigenvalue weighted by molar-refractivity contribution is 5.89. The summed E-state index contributed by atoms with van der Waals surface area (Å²) in [6.07, 6.45) is -6.29. The molecule has 0 radical (unpaired) electrons. The van der Waals surface area contributed by atoms with Crippen LogP contribution in [0.3, 0.4) is 0 Å². The Morgan fingerprint density at radius 2 is 1.64 bits per heavy atom. The first-order chi connectivity index (χ1) is 21.4. The van der Waals surface area contributed by atoms with Gasteiger partial charge in [-0.2, -0.15) is 0 Å². The van der Waals surface area contributed by atoms with Crippen molar-refractivity contribution in [1.82, 2.24) is 0 Å². The molecule has 8 N–H and O–H groups in total. The number of aliphatic hydroxyl groups is 3. The van der Waals surface area contributed by atoms with Crippen molar-refractivity contribution in [1.29, 1.82) is 0 Å². The molecule has 3 aromatic carbocycles. The molecule has 1 aliphatic rings. The predicted molar refractivity (Wildman–Crippen MR) is 155 cm³/mol. The van der Waals surface area contributed by atoms with Crippen molar-refractivity contribution < 1.29 is 64.3 Å². The zero-order chi connectivity index (χ0) is 32.6. The predicted octanol–water partition coefficient (Wildman–Crippen LogP) is 1.78. The molecule has 1 fully saturated rings. The standard InChI is InChI=1S/C31H28O14/c1-42-21-8-13(2-5-16(21)34)3-7-24(38)45-31-29(41)27(39)23(12-32)44-30(31)26-19(37)11-22-25(28(26)40)18(36)10-20(43-22)14-4-6-15(33)17(35)9-14/h2-11,23,27,29-35,37,39-41H,12H2,1H3/b7-3+. The lowest BCUT2D eigenvalue weighted by Gasteiger charge is -2.42. The van der Waals surface area contributed by atoms with E-state index < -0.39 is 82.5 Å². The van der Waals surface area contributed by atoms with E-state index >= 15 is 0 Å². The number of rotatable bonds is 7. The number of hydrogen-bond donors (Lipinski definition) is 8. The SMILES string of the molecule is COc1cc(/C=C/C(=O)OC2C(c3c(O)cc4oc(-c5ccc(O)c(O)c5)cc(=O)c4c3O)OC(CO)C(O)C2O)ccc1O. The maximum atomic E-state index is 13.2. The Labute approximate surface area is 253 Å². The third-order valence-electron chi connectivity index (χ3n) is 7.29. The normalized spacial score (nSPS) is 21.6. The molecule has 1 aromatic heterocycles. The third kappa shape index (κ3) is 5.94. The van der Waals surface area contributed by atoms with Gasteiger partial charge in [-0.25, -0.2) is 4.79 Å². The van der Waals surface area contributed by atoms with Gasteiger partial charge in [-0.05, 0) is 42.0 Å². The largest absolute Gasteiger partial charge is 0.507 e. The van der Waals surface area contributed by atoms with Crippen LogP contribution in [0.25, 0.3) is 28.4 Å². The Morgan fingerprint density at radius 3 is 2.33 bits per heavy atom. The Hall–Kier alpha value is -5.28. The van der Waals surface area contributed by atoms with Gasteiger partial charge in [0.1, 0.15) is 52.6 Å². The van der Waals surface area contributed by atoms with Gasteiger partial charge < -0.3 is 59.5 Å². The zero-order valence-electron chi connectivity index (χ0n) is 23.4. The van der Waals surface area contributed by atoms with E-state index in [9.17, 15) is 50.4 Å². The van der Waals surface area contributed by atoms with E-state index in [2.05, 4.69) is 0 Å². The highest BCUT2D eigenvalue weighted by atomic mass is 16.6. The van der Waals surface area contributed by atoms with E-state index in [0.29, 0.717) is 5.56 Å². The molecule has 1 aliphatic heterocycles. The van der Waals surface area contributed by atoms with Crippen LogP contribution >= 0.6 is 0 Å². The molecular weight excluding hydrogens is 596 g/mol. The average molecular weight is 625 g/mol.